The molecule has 11 heavy (non-hydrogen) atoms. The highest BCUT2D eigenvalue weighted by molar-refractivity contribution is 5.89. The third-order valence-corrected chi connectivity index (χ3v) is 1.07. The average Bonchev–Trinajstić information content (AvgIpc) is 1.97. The molecule has 0 unspecified atom stereocenters. The van der Waals surface area contributed by atoms with E-state index in [0.717, 1.165) is 5.84 Å². The zero-order valence-corrected chi connectivity index (χ0v) is 7.20. The molecule has 0 aliphatic carbocycles. The van der Waals surface area contributed by atoms with Crippen molar-refractivity contribution in [3.8, 4) is 0 Å². The first-order valence-electron chi connectivity index (χ1n) is 3.42. The standard InChI is InChI=1S/C8H13N3/c1-7(2)8(10-4)11-6-5-9-3/h5,7H,3H2,1-2,4H3. The number of hydrogen-bond acceptors (Lipinski definition) is 2. The maximum Gasteiger partial charge on any atom is 0.135 e. The van der Waals surface area contributed by atoms with Crippen molar-refractivity contribution in [2.45, 2.75) is 13.8 Å². The molecular formula is C8H13N3. The minimum atomic E-state index is 0.325. The van der Waals surface area contributed by atoms with Crippen LogP contribution in [0.5, 0.6) is 0 Å². The summed E-state index contributed by atoms with van der Waals surface area (Å²) in [4.78, 5) is 11.4. The summed E-state index contributed by atoms with van der Waals surface area (Å²) in [5.41, 5.74) is 0. The van der Waals surface area contributed by atoms with Gasteiger partial charge in [-0.05, 0) is 6.72 Å². The first kappa shape index (κ1) is 9.79. The molecule has 0 rings (SSSR count). The summed E-state index contributed by atoms with van der Waals surface area (Å²) in [6.45, 7) is 7.31. The Kier molecular flexibility index (Phi) is 4.95. The van der Waals surface area contributed by atoms with Gasteiger partial charge < -0.3 is 0 Å². The Balaban J connectivity index is 4.33. The summed E-state index contributed by atoms with van der Waals surface area (Å²) < 4.78 is 0. The van der Waals surface area contributed by atoms with Crippen LogP contribution >= 0.6 is 0 Å². The summed E-state index contributed by atoms with van der Waals surface area (Å²) in [6.07, 6.45) is 1.41. The molecule has 0 aliphatic rings. The number of rotatable bonds is 2. The molecule has 0 N–H and O–H groups in total. The largest absolute Gasteiger partial charge is 0.273 e. The molecule has 3 nitrogen and oxygen atoms in total. The fourth-order valence-electron chi connectivity index (χ4n) is 0.573. The summed E-state index contributed by atoms with van der Waals surface area (Å²) in [7, 11) is 1.71. The molecule has 0 saturated heterocycles. The summed E-state index contributed by atoms with van der Waals surface area (Å²) in [5.74, 6) is 3.70. The SMILES string of the molecule is C=NC=C=NC(=NC)C(C)C. The van der Waals surface area contributed by atoms with Gasteiger partial charge in [0.25, 0.3) is 0 Å². The summed E-state index contributed by atoms with van der Waals surface area (Å²) in [5, 5.41) is 0. The number of nitrogens with zero attached hydrogens (tertiary/aromatic N) is 3. The molecule has 0 bridgehead atoms. The van der Waals surface area contributed by atoms with Crippen molar-refractivity contribution in [1.29, 1.82) is 0 Å². The van der Waals surface area contributed by atoms with Crippen molar-refractivity contribution in [1.82, 2.24) is 0 Å². The van der Waals surface area contributed by atoms with E-state index in [4.69, 9.17) is 0 Å². The van der Waals surface area contributed by atoms with Gasteiger partial charge in [-0.2, -0.15) is 4.99 Å². The number of hydrogen-bond donors (Lipinski definition) is 0. The van der Waals surface area contributed by atoms with Crippen LogP contribution in [0.1, 0.15) is 13.8 Å². The van der Waals surface area contributed by atoms with Gasteiger partial charge in [-0.25, -0.2) is 0 Å². The van der Waals surface area contributed by atoms with E-state index in [0.29, 0.717) is 5.92 Å². The van der Waals surface area contributed by atoms with Crippen LogP contribution in [0.3, 0.4) is 0 Å². The van der Waals surface area contributed by atoms with Crippen LogP contribution in [-0.4, -0.2) is 25.5 Å². The minimum absolute atomic E-state index is 0.325. The molecular weight excluding hydrogens is 138 g/mol. The molecule has 0 radical (unpaired) electrons. The normalized spacial score (nSPS) is 10.7. The second kappa shape index (κ2) is 5.57. The lowest BCUT2D eigenvalue weighted by Gasteiger charge is -1.98. The van der Waals surface area contributed by atoms with Crippen molar-refractivity contribution in [3.05, 3.63) is 6.20 Å². The number of aliphatic imine (C=N–C) groups is 3. The molecule has 0 aromatic carbocycles. The minimum Gasteiger partial charge on any atom is -0.273 e. The Hall–Kier alpha value is -1.21. The van der Waals surface area contributed by atoms with Gasteiger partial charge in [0.2, 0.25) is 0 Å². The Morgan fingerprint density at radius 3 is 2.55 bits per heavy atom. The van der Waals surface area contributed by atoms with Crippen molar-refractivity contribution in [3.63, 3.8) is 0 Å². The van der Waals surface area contributed by atoms with E-state index in [1.165, 1.54) is 6.20 Å². The molecule has 60 valence electrons. The van der Waals surface area contributed by atoms with Crippen molar-refractivity contribution in [2.24, 2.45) is 20.9 Å². The molecule has 0 aromatic heterocycles. The fraction of sp³-hybridized carbons (Fsp3) is 0.500. The van der Waals surface area contributed by atoms with Crippen LogP contribution in [0.2, 0.25) is 0 Å². The van der Waals surface area contributed by atoms with Crippen molar-refractivity contribution >= 4 is 18.4 Å². The van der Waals surface area contributed by atoms with E-state index in [9.17, 15) is 0 Å². The van der Waals surface area contributed by atoms with Crippen molar-refractivity contribution < 1.29 is 0 Å². The van der Waals surface area contributed by atoms with Crippen LogP contribution < -0.4 is 0 Å². The molecule has 0 fully saturated rings. The summed E-state index contributed by atoms with van der Waals surface area (Å²) >= 11 is 0. The topological polar surface area (TPSA) is 37.1 Å². The lowest BCUT2D eigenvalue weighted by molar-refractivity contribution is 0.870. The monoisotopic (exact) mass is 151 g/mol. The molecule has 0 aliphatic heterocycles. The molecule has 0 amide bonds. The zero-order valence-electron chi connectivity index (χ0n) is 7.20. The third-order valence-electron chi connectivity index (χ3n) is 1.07. The quantitative estimate of drug-likeness (QED) is 0.424. The highest BCUT2D eigenvalue weighted by atomic mass is 14.9. The Labute approximate surface area is 67.3 Å². The van der Waals surface area contributed by atoms with Gasteiger partial charge in [0, 0.05) is 18.8 Å². The van der Waals surface area contributed by atoms with E-state index < -0.39 is 0 Å². The molecule has 0 heterocycles. The third kappa shape index (κ3) is 4.23. The first-order chi connectivity index (χ1) is 5.22. The van der Waals surface area contributed by atoms with Gasteiger partial charge in [0.05, 0.1) is 6.20 Å². The van der Waals surface area contributed by atoms with E-state index in [-0.39, 0.29) is 0 Å². The van der Waals surface area contributed by atoms with Crippen LogP contribution in [0.25, 0.3) is 0 Å². The lowest BCUT2D eigenvalue weighted by Crippen LogP contribution is -2.02. The summed E-state index contributed by atoms with van der Waals surface area (Å²) in [6, 6.07) is 0. The zero-order chi connectivity index (χ0) is 8.69. The van der Waals surface area contributed by atoms with Gasteiger partial charge in [-0.1, -0.05) is 13.8 Å². The average molecular weight is 151 g/mol. The predicted molar refractivity (Wildman–Crippen MR) is 49.8 cm³/mol. The second-order valence-corrected chi connectivity index (χ2v) is 2.29. The maximum atomic E-state index is 3.96. The highest BCUT2D eigenvalue weighted by Gasteiger charge is 1.98. The van der Waals surface area contributed by atoms with E-state index in [2.05, 4.69) is 27.6 Å². The van der Waals surface area contributed by atoms with E-state index in [1.54, 1.807) is 7.05 Å². The van der Waals surface area contributed by atoms with E-state index >= 15 is 0 Å². The van der Waals surface area contributed by atoms with Crippen molar-refractivity contribution in [2.75, 3.05) is 7.05 Å². The second-order valence-electron chi connectivity index (χ2n) is 2.29. The van der Waals surface area contributed by atoms with Crippen LogP contribution in [0.15, 0.2) is 21.2 Å². The Morgan fingerprint density at radius 2 is 2.18 bits per heavy atom. The molecule has 0 atom stereocenters. The van der Waals surface area contributed by atoms with Gasteiger partial charge in [0.15, 0.2) is 0 Å². The lowest BCUT2D eigenvalue weighted by atomic mass is 10.2. The molecule has 0 aromatic rings. The molecule has 0 spiro atoms. The Morgan fingerprint density at radius 1 is 1.55 bits per heavy atom. The molecule has 3 heteroatoms. The number of amidine groups is 1. The van der Waals surface area contributed by atoms with Gasteiger partial charge in [0.1, 0.15) is 5.84 Å². The smallest absolute Gasteiger partial charge is 0.135 e. The molecule has 0 saturated carbocycles. The van der Waals surface area contributed by atoms with Gasteiger partial charge in [-0.3, -0.25) is 9.98 Å². The maximum absolute atomic E-state index is 3.96. The van der Waals surface area contributed by atoms with Crippen LogP contribution in [0.4, 0.5) is 0 Å². The fourth-order valence-corrected chi connectivity index (χ4v) is 0.573. The van der Waals surface area contributed by atoms with Gasteiger partial charge in [-0.15, -0.1) is 0 Å². The highest BCUT2D eigenvalue weighted by Crippen LogP contribution is 1.96. The van der Waals surface area contributed by atoms with Crippen LogP contribution in [0, 0.1) is 5.92 Å². The van der Waals surface area contributed by atoms with E-state index in [1.807, 2.05) is 13.8 Å². The van der Waals surface area contributed by atoms with Crippen LogP contribution in [-0.2, 0) is 0 Å². The van der Waals surface area contributed by atoms with Gasteiger partial charge >= 0.3 is 0 Å². The first-order valence-corrected chi connectivity index (χ1v) is 3.42. The Bertz CT molecular complexity index is 207. The predicted octanol–water partition coefficient (Wildman–Crippen LogP) is 1.55.